The van der Waals surface area contributed by atoms with E-state index in [9.17, 15) is 0 Å². The number of hydrogen-bond donors (Lipinski definition) is 1. The van der Waals surface area contributed by atoms with Crippen LogP contribution in [-0.4, -0.2) is 35.0 Å². The van der Waals surface area contributed by atoms with Gasteiger partial charge in [-0.1, -0.05) is 12.2 Å². The van der Waals surface area contributed by atoms with E-state index in [1.807, 2.05) is 0 Å². The Morgan fingerprint density at radius 2 is 2.60 bits per heavy atom. The normalized spacial score (nSPS) is 22.1. The van der Waals surface area contributed by atoms with Crippen LogP contribution in [-0.2, 0) is 6.42 Å². The number of rotatable bonds is 3. The van der Waals surface area contributed by atoms with Gasteiger partial charge in [-0.15, -0.1) is 11.3 Å². The molecule has 0 radical (unpaired) electrons. The average molecular weight is 241 g/mol. The minimum absolute atomic E-state index is 0.527. The molecule has 5 heteroatoms. The fraction of sp³-hybridized carbons (Fsp3) is 0.600. The average Bonchev–Trinajstić information content (AvgIpc) is 2.72. The Hall–Kier alpha value is -0.520. The Labute approximate surface area is 99.3 Å². The highest BCUT2D eigenvalue weighted by Crippen LogP contribution is 2.27. The summed E-state index contributed by atoms with van der Waals surface area (Å²) >= 11 is 6.55. The van der Waals surface area contributed by atoms with E-state index in [4.69, 9.17) is 18.0 Å². The van der Waals surface area contributed by atoms with Crippen LogP contribution in [0.3, 0.4) is 0 Å². The molecule has 1 unspecified atom stereocenters. The zero-order valence-corrected chi connectivity index (χ0v) is 10.4. The number of thiocarbonyl (C=S) groups is 1. The Balaban J connectivity index is 2.03. The van der Waals surface area contributed by atoms with Crippen LogP contribution in [0.2, 0.25) is 0 Å². The molecular formula is C10H15N3S2. The van der Waals surface area contributed by atoms with Gasteiger partial charge in [0.25, 0.3) is 0 Å². The van der Waals surface area contributed by atoms with Crippen molar-refractivity contribution in [1.82, 2.24) is 9.88 Å². The van der Waals surface area contributed by atoms with Crippen molar-refractivity contribution in [2.45, 2.75) is 18.8 Å². The molecule has 82 valence electrons. The van der Waals surface area contributed by atoms with E-state index < -0.39 is 0 Å². The number of hydrogen-bond acceptors (Lipinski definition) is 4. The second kappa shape index (κ2) is 4.55. The Kier molecular flexibility index (Phi) is 3.33. The molecule has 2 N–H and O–H groups in total. The molecule has 3 nitrogen and oxygen atoms in total. The van der Waals surface area contributed by atoms with Crippen molar-refractivity contribution < 1.29 is 0 Å². The predicted molar refractivity (Wildman–Crippen MR) is 67.5 cm³/mol. The maximum atomic E-state index is 5.50. The van der Waals surface area contributed by atoms with Gasteiger partial charge in [0.05, 0.1) is 15.7 Å². The fourth-order valence-corrected chi connectivity index (χ4v) is 3.05. The summed E-state index contributed by atoms with van der Waals surface area (Å²) in [5.41, 5.74) is 6.72. The lowest BCUT2D eigenvalue weighted by Crippen LogP contribution is -2.13. The maximum absolute atomic E-state index is 5.50. The molecule has 15 heavy (non-hydrogen) atoms. The Morgan fingerprint density at radius 1 is 1.80 bits per heavy atom. The van der Waals surface area contributed by atoms with Gasteiger partial charge < -0.3 is 10.6 Å². The molecule has 0 aliphatic carbocycles. The van der Waals surface area contributed by atoms with E-state index in [0.29, 0.717) is 17.3 Å². The van der Waals surface area contributed by atoms with Crippen LogP contribution < -0.4 is 5.73 Å². The summed E-state index contributed by atoms with van der Waals surface area (Å²) in [5, 5.41) is 3.20. The van der Waals surface area contributed by atoms with E-state index in [0.717, 1.165) is 11.6 Å². The lowest BCUT2D eigenvalue weighted by atomic mass is 10.1. The van der Waals surface area contributed by atoms with Crippen LogP contribution in [0.1, 0.15) is 23.0 Å². The van der Waals surface area contributed by atoms with E-state index in [1.165, 1.54) is 18.7 Å². The molecule has 1 aromatic rings. The molecular weight excluding hydrogens is 226 g/mol. The first-order valence-electron chi connectivity index (χ1n) is 5.06. The van der Waals surface area contributed by atoms with Gasteiger partial charge in [0.2, 0.25) is 0 Å². The second-order valence-electron chi connectivity index (χ2n) is 4.06. The van der Waals surface area contributed by atoms with Gasteiger partial charge in [0.15, 0.2) is 0 Å². The third-order valence-corrected chi connectivity index (χ3v) is 3.72. The van der Waals surface area contributed by atoms with Gasteiger partial charge in [-0.25, -0.2) is 4.98 Å². The van der Waals surface area contributed by atoms with Crippen molar-refractivity contribution in [3.05, 3.63) is 16.1 Å². The lowest BCUT2D eigenvalue weighted by Gasteiger charge is -2.06. The molecule has 1 aliphatic heterocycles. The van der Waals surface area contributed by atoms with Gasteiger partial charge in [0.1, 0.15) is 0 Å². The highest BCUT2D eigenvalue weighted by Gasteiger charge is 2.23. The van der Waals surface area contributed by atoms with E-state index in [2.05, 4.69) is 22.3 Å². The maximum Gasteiger partial charge on any atom is 0.0996 e. The lowest BCUT2D eigenvalue weighted by molar-refractivity contribution is 0.411. The van der Waals surface area contributed by atoms with Crippen molar-refractivity contribution in [1.29, 1.82) is 0 Å². The van der Waals surface area contributed by atoms with E-state index in [-0.39, 0.29) is 0 Å². The molecule has 0 saturated carbocycles. The minimum Gasteiger partial charge on any atom is -0.393 e. The third-order valence-electron chi connectivity index (χ3n) is 2.70. The summed E-state index contributed by atoms with van der Waals surface area (Å²) < 4.78 is 0. The zero-order chi connectivity index (χ0) is 10.8. The van der Waals surface area contributed by atoms with Crippen molar-refractivity contribution >= 4 is 28.5 Å². The van der Waals surface area contributed by atoms with Crippen LogP contribution in [0.5, 0.6) is 0 Å². The predicted octanol–water partition coefficient (Wildman–Crippen LogP) is 1.39. The quantitative estimate of drug-likeness (QED) is 0.812. The smallest absolute Gasteiger partial charge is 0.0996 e. The summed E-state index contributed by atoms with van der Waals surface area (Å²) in [5.74, 6) is 0.603. The number of nitrogens with two attached hydrogens (primary N) is 1. The molecule has 0 spiro atoms. The largest absolute Gasteiger partial charge is 0.393 e. The Morgan fingerprint density at radius 3 is 3.20 bits per heavy atom. The fourth-order valence-electron chi connectivity index (χ4n) is 1.92. The van der Waals surface area contributed by atoms with Gasteiger partial charge in [-0.05, 0) is 20.0 Å². The summed E-state index contributed by atoms with van der Waals surface area (Å²) in [7, 11) is 2.16. The summed E-state index contributed by atoms with van der Waals surface area (Å²) in [4.78, 5) is 7.46. The number of likely N-dealkylation sites (tertiary alicyclic amines) is 1. The first-order valence-corrected chi connectivity index (χ1v) is 6.35. The van der Waals surface area contributed by atoms with Crippen LogP contribution in [0.25, 0.3) is 0 Å². The first-order chi connectivity index (χ1) is 7.15. The van der Waals surface area contributed by atoms with Gasteiger partial charge >= 0.3 is 0 Å². The minimum atomic E-state index is 0.527. The second-order valence-corrected chi connectivity index (χ2v) is 5.52. The van der Waals surface area contributed by atoms with Gasteiger partial charge in [-0.2, -0.15) is 0 Å². The molecule has 2 heterocycles. The number of likely N-dealkylation sites (N-methyl/N-ethyl adjacent to an activating group) is 1. The monoisotopic (exact) mass is 241 g/mol. The molecule has 1 saturated heterocycles. The Bertz CT molecular complexity index is 361. The summed E-state index contributed by atoms with van der Waals surface area (Å²) in [6.45, 7) is 2.29. The van der Waals surface area contributed by atoms with Crippen LogP contribution in [0, 0.1) is 0 Å². The van der Waals surface area contributed by atoms with Gasteiger partial charge in [0, 0.05) is 24.3 Å². The van der Waals surface area contributed by atoms with Crippen LogP contribution >= 0.6 is 23.6 Å². The number of nitrogens with zero attached hydrogens (tertiary/aromatic N) is 2. The molecule has 0 amide bonds. The van der Waals surface area contributed by atoms with Crippen molar-refractivity contribution in [2.24, 2.45) is 5.73 Å². The van der Waals surface area contributed by atoms with Crippen molar-refractivity contribution in [3.63, 3.8) is 0 Å². The van der Waals surface area contributed by atoms with Crippen molar-refractivity contribution in [3.8, 4) is 0 Å². The van der Waals surface area contributed by atoms with Gasteiger partial charge in [-0.3, -0.25) is 0 Å². The van der Waals surface area contributed by atoms with Crippen LogP contribution in [0.15, 0.2) is 5.38 Å². The zero-order valence-electron chi connectivity index (χ0n) is 8.77. The van der Waals surface area contributed by atoms with E-state index >= 15 is 0 Å². The van der Waals surface area contributed by atoms with E-state index in [1.54, 1.807) is 11.3 Å². The summed E-state index contributed by atoms with van der Waals surface area (Å²) in [6.07, 6.45) is 1.86. The molecule has 0 bridgehead atoms. The third kappa shape index (κ3) is 2.74. The molecule has 1 aliphatic rings. The number of thiazole rings is 1. The van der Waals surface area contributed by atoms with Crippen LogP contribution in [0.4, 0.5) is 0 Å². The number of aromatic nitrogens is 1. The standard InChI is InChI=1S/C10H15N3S2/c1-13-3-2-7(5-13)8-6-15-10(12-8)4-9(11)14/h6-7H,2-5H2,1H3,(H2,11,14). The SMILES string of the molecule is CN1CCC(c2csc(CC(N)=S)n2)C1. The molecule has 2 rings (SSSR count). The molecule has 0 aromatic carbocycles. The molecule has 1 atom stereocenters. The molecule has 1 fully saturated rings. The van der Waals surface area contributed by atoms with Crippen molar-refractivity contribution in [2.75, 3.05) is 20.1 Å². The molecule has 1 aromatic heterocycles. The highest BCUT2D eigenvalue weighted by atomic mass is 32.1. The summed E-state index contributed by atoms with van der Waals surface area (Å²) in [6, 6.07) is 0. The topological polar surface area (TPSA) is 42.1 Å². The highest BCUT2D eigenvalue weighted by molar-refractivity contribution is 7.80. The first kappa shape index (κ1) is 11.0.